The smallest absolute Gasteiger partial charge is 0.151 e. The normalized spacial score (nSPS) is 23.7. The molecule has 3 aromatic heterocycles. The second kappa shape index (κ2) is 7.14. The molecule has 0 amide bonds. The van der Waals surface area contributed by atoms with E-state index in [0.717, 1.165) is 16.9 Å². The molecule has 8 heteroatoms. The van der Waals surface area contributed by atoms with E-state index in [9.17, 15) is 0 Å². The molecule has 0 spiro atoms. The van der Waals surface area contributed by atoms with E-state index < -0.39 is 0 Å². The van der Waals surface area contributed by atoms with Crippen LogP contribution in [0.5, 0.6) is 0 Å². The second-order valence-corrected chi connectivity index (χ2v) is 8.03. The number of aromatic amines is 1. The summed E-state index contributed by atoms with van der Waals surface area (Å²) in [5, 5.41) is 19.7. The highest BCUT2D eigenvalue weighted by molar-refractivity contribution is 6.32. The summed E-state index contributed by atoms with van der Waals surface area (Å²) in [6.07, 6.45) is 8.44. The number of halogens is 1. The summed E-state index contributed by atoms with van der Waals surface area (Å²) in [4.78, 5) is 6.76. The van der Waals surface area contributed by atoms with Crippen molar-refractivity contribution in [1.29, 1.82) is 0 Å². The summed E-state index contributed by atoms with van der Waals surface area (Å²) in [6, 6.07) is 9.64. The number of hydrogen-bond acceptors (Lipinski definition) is 6. The van der Waals surface area contributed by atoms with E-state index in [0.29, 0.717) is 34.7 Å². The minimum absolute atomic E-state index is 0.423. The van der Waals surface area contributed by atoms with E-state index in [1.807, 2.05) is 24.3 Å². The van der Waals surface area contributed by atoms with Gasteiger partial charge in [0.1, 0.15) is 10.8 Å². The molecular formula is C20H22ClN7. The van der Waals surface area contributed by atoms with Gasteiger partial charge in [-0.15, -0.1) is 10.2 Å². The molecule has 7 nitrogen and oxygen atoms in total. The van der Waals surface area contributed by atoms with Gasteiger partial charge >= 0.3 is 0 Å². The van der Waals surface area contributed by atoms with E-state index in [1.54, 1.807) is 12.4 Å². The molecule has 0 radical (unpaired) electrons. The Morgan fingerprint density at radius 3 is 2.46 bits per heavy atom. The number of anilines is 1. The lowest BCUT2D eigenvalue weighted by Gasteiger charge is -2.36. The molecule has 5 rings (SSSR count). The van der Waals surface area contributed by atoms with Crippen LogP contribution in [0.4, 0.5) is 5.82 Å². The van der Waals surface area contributed by atoms with Gasteiger partial charge in [-0.25, -0.2) is 4.98 Å². The van der Waals surface area contributed by atoms with Gasteiger partial charge in [0, 0.05) is 42.5 Å². The zero-order valence-electron chi connectivity index (χ0n) is 15.6. The van der Waals surface area contributed by atoms with Crippen LogP contribution < -0.4 is 10.2 Å². The average Bonchev–Trinajstić information content (AvgIpc) is 3.37. The number of hydrogen-bond donors (Lipinski definition) is 2. The van der Waals surface area contributed by atoms with Gasteiger partial charge in [0.05, 0.1) is 11.9 Å². The van der Waals surface area contributed by atoms with Crippen LogP contribution in [-0.4, -0.2) is 50.6 Å². The van der Waals surface area contributed by atoms with Crippen LogP contribution >= 0.6 is 11.6 Å². The van der Waals surface area contributed by atoms with Crippen molar-refractivity contribution in [2.45, 2.75) is 43.8 Å². The van der Waals surface area contributed by atoms with Crippen molar-refractivity contribution in [1.82, 2.24) is 30.7 Å². The molecule has 2 aliphatic heterocycles. The van der Waals surface area contributed by atoms with Crippen molar-refractivity contribution < 1.29 is 0 Å². The lowest BCUT2D eigenvalue weighted by molar-refractivity contribution is 0.353. The molecule has 0 aliphatic carbocycles. The third-order valence-corrected chi connectivity index (χ3v) is 6.22. The number of aromatic nitrogens is 5. The van der Waals surface area contributed by atoms with E-state index in [1.165, 1.54) is 25.7 Å². The topological polar surface area (TPSA) is 82.6 Å². The zero-order chi connectivity index (χ0) is 19.1. The van der Waals surface area contributed by atoms with E-state index in [2.05, 4.69) is 42.6 Å². The molecule has 2 fully saturated rings. The molecule has 28 heavy (non-hydrogen) atoms. The van der Waals surface area contributed by atoms with Crippen LogP contribution in [0, 0.1) is 0 Å². The highest BCUT2D eigenvalue weighted by atomic mass is 35.5. The third-order valence-electron chi connectivity index (χ3n) is 5.93. The van der Waals surface area contributed by atoms with Gasteiger partial charge in [-0.05, 0) is 49.9 Å². The molecule has 3 aromatic rings. The first-order valence-corrected chi connectivity index (χ1v) is 10.0. The largest absolute Gasteiger partial charge is 0.355 e. The van der Waals surface area contributed by atoms with E-state index in [4.69, 9.17) is 11.6 Å². The SMILES string of the molecule is CN(c1ccc(-c2ccc(-c3cn[nH]c3)c(Cl)n2)nn1)C1C[C@H]2CC[C@@H](C1)N2. The Balaban J connectivity index is 1.34. The number of piperidine rings is 1. The van der Waals surface area contributed by atoms with Crippen LogP contribution in [-0.2, 0) is 0 Å². The Hall–Kier alpha value is -2.51. The van der Waals surface area contributed by atoms with Gasteiger partial charge in [-0.3, -0.25) is 5.10 Å². The van der Waals surface area contributed by atoms with Crippen LogP contribution in [0.3, 0.4) is 0 Å². The lowest BCUT2D eigenvalue weighted by atomic mass is 9.98. The van der Waals surface area contributed by atoms with Crippen molar-refractivity contribution in [2.75, 3.05) is 11.9 Å². The Kier molecular flexibility index (Phi) is 4.49. The summed E-state index contributed by atoms with van der Waals surface area (Å²) < 4.78 is 0. The number of pyridine rings is 1. The minimum Gasteiger partial charge on any atom is -0.355 e. The molecule has 1 unspecified atom stereocenters. The van der Waals surface area contributed by atoms with Crippen molar-refractivity contribution in [2.24, 2.45) is 0 Å². The van der Waals surface area contributed by atoms with Crippen LogP contribution in [0.1, 0.15) is 25.7 Å². The highest BCUT2D eigenvalue weighted by Gasteiger charge is 2.35. The van der Waals surface area contributed by atoms with Crippen LogP contribution in [0.15, 0.2) is 36.7 Å². The first-order chi connectivity index (χ1) is 13.7. The number of H-pyrrole nitrogens is 1. The highest BCUT2D eigenvalue weighted by Crippen LogP contribution is 2.31. The quantitative estimate of drug-likeness (QED) is 0.659. The Bertz CT molecular complexity index is 945. The first-order valence-electron chi connectivity index (χ1n) is 9.66. The monoisotopic (exact) mass is 395 g/mol. The maximum absolute atomic E-state index is 6.37. The molecule has 5 heterocycles. The number of fused-ring (bicyclic) bond motifs is 2. The summed E-state index contributed by atoms with van der Waals surface area (Å²) in [7, 11) is 2.12. The molecule has 2 saturated heterocycles. The average molecular weight is 396 g/mol. The van der Waals surface area contributed by atoms with Crippen LogP contribution in [0.2, 0.25) is 5.15 Å². The fourth-order valence-corrected chi connectivity index (χ4v) is 4.63. The number of nitrogens with one attached hydrogen (secondary N) is 2. The predicted octanol–water partition coefficient (Wildman–Crippen LogP) is 3.30. The summed E-state index contributed by atoms with van der Waals surface area (Å²) in [6.45, 7) is 0. The molecule has 144 valence electrons. The summed E-state index contributed by atoms with van der Waals surface area (Å²) in [5.41, 5.74) is 3.16. The third kappa shape index (κ3) is 3.25. The second-order valence-electron chi connectivity index (χ2n) is 7.67. The maximum atomic E-state index is 6.37. The molecule has 0 aromatic carbocycles. The van der Waals surface area contributed by atoms with Crippen molar-refractivity contribution in [3.63, 3.8) is 0 Å². The van der Waals surface area contributed by atoms with Gasteiger partial charge in [0.15, 0.2) is 5.82 Å². The molecule has 3 atom stereocenters. The fraction of sp³-hybridized carbons (Fsp3) is 0.400. The Morgan fingerprint density at radius 1 is 1.04 bits per heavy atom. The summed E-state index contributed by atoms with van der Waals surface area (Å²) in [5.74, 6) is 0.899. The molecule has 0 saturated carbocycles. The Labute approximate surface area is 168 Å². The molecular weight excluding hydrogens is 374 g/mol. The van der Waals surface area contributed by atoms with Gasteiger partial charge in [0.25, 0.3) is 0 Å². The van der Waals surface area contributed by atoms with Gasteiger partial charge in [-0.1, -0.05) is 11.6 Å². The lowest BCUT2D eigenvalue weighted by Crippen LogP contribution is -2.47. The number of rotatable bonds is 4. The van der Waals surface area contributed by atoms with Crippen molar-refractivity contribution >= 4 is 17.4 Å². The minimum atomic E-state index is 0.423. The molecule has 2 N–H and O–H groups in total. The van der Waals surface area contributed by atoms with Gasteiger partial charge < -0.3 is 10.2 Å². The standard InChI is InChI=1S/C20H22ClN7/c1-28(15-8-13-2-3-14(9-15)24-13)19-7-6-18(26-27-19)17-5-4-16(20(21)25-17)12-10-22-23-11-12/h4-7,10-11,13-15,24H,2-3,8-9H2,1H3,(H,22,23)/t13-,14+,15?. The van der Waals surface area contributed by atoms with Crippen LogP contribution in [0.25, 0.3) is 22.5 Å². The van der Waals surface area contributed by atoms with E-state index in [-0.39, 0.29) is 0 Å². The van der Waals surface area contributed by atoms with E-state index >= 15 is 0 Å². The Morgan fingerprint density at radius 2 is 1.82 bits per heavy atom. The molecule has 2 bridgehead atoms. The maximum Gasteiger partial charge on any atom is 0.151 e. The van der Waals surface area contributed by atoms with Gasteiger partial charge in [0.2, 0.25) is 0 Å². The molecule has 2 aliphatic rings. The summed E-state index contributed by atoms with van der Waals surface area (Å²) >= 11 is 6.37. The number of nitrogens with zero attached hydrogens (tertiary/aromatic N) is 5. The zero-order valence-corrected chi connectivity index (χ0v) is 16.4. The first kappa shape index (κ1) is 17.6. The van der Waals surface area contributed by atoms with Gasteiger partial charge in [-0.2, -0.15) is 5.10 Å². The fourth-order valence-electron chi connectivity index (χ4n) is 4.37. The predicted molar refractivity (Wildman–Crippen MR) is 109 cm³/mol. The van der Waals surface area contributed by atoms with Crippen molar-refractivity contribution in [3.8, 4) is 22.5 Å². The van der Waals surface area contributed by atoms with Crippen molar-refractivity contribution in [3.05, 3.63) is 41.8 Å².